The van der Waals surface area contributed by atoms with Crippen molar-refractivity contribution in [3.8, 4) is 0 Å². The maximum Gasteiger partial charge on any atom is 0.240 e. The van der Waals surface area contributed by atoms with E-state index in [0.717, 1.165) is 31.4 Å². The number of nitrogens with one attached hydrogen (secondary N) is 2. The zero-order valence-electron chi connectivity index (χ0n) is 12.4. The molecule has 1 amide bonds. The van der Waals surface area contributed by atoms with Crippen LogP contribution >= 0.6 is 0 Å². The zero-order valence-corrected chi connectivity index (χ0v) is 13.2. The van der Waals surface area contributed by atoms with Crippen molar-refractivity contribution in [2.45, 2.75) is 37.5 Å². The molecular formula is C14H20F2N2O3S. The van der Waals surface area contributed by atoms with Crippen LogP contribution in [0.15, 0.2) is 23.1 Å². The second kappa shape index (κ2) is 8.79. The van der Waals surface area contributed by atoms with Crippen molar-refractivity contribution >= 4 is 15.9 Å². The fourth-order valence-electron chi connectivity index (χ4n) is 1.72. The highest BCUT2D eigenvalue weighted by Crippen LogP contribution is 2.13. The van der Waals surface area contributed by atoms with Gasteiger partial charge in [0, 0.05) is 19.5 Å². The topological polar surface area (TPSA) is 75.3 Å². The second-order valence-corrected chi connectivity index (χ2v) is 6.55. The summed E-state index contributed by atoms with van der Waals surface area (Å²) in [5.41, 5.74) is 0. The largest absolute Gasteiger partial charge is 0.356 e. The van der Waals surface area contributed by atoms with E-state index in [1.807, 2.05) is 0 Å². The van der Waals surface area contributed by atoms with Gasteiger partial charge in [0.1, 0.15) is 0 Å². The number of hydrogen-bond acceptors (Lipinski definition) is 3. The number of benzene rings is 1. The van der Waals surface area contributed by atoms with Gasteiger partial charge in [-0.05, 0) is 24.6 Å². The molecule has 22 heavy (non-hydrogen) atoms. The fourth-order valence-corrected chi connectivity index (χ4v) is 2.76. The average molecular weight is 334 g/mol. The summed E-state index contributed by atoms with van der Waals surface area (Å²) < 4.78 is 51.7. The van der Waals surface area contributed by atoms with Gasteiger partial charge in [-0.3, -0.25) is 4.79 Å². The highest BCUT2D eigenvalue weighted by molar-refractivity contribution is 7.89. The normalized spacial score (nSPS) is 11.4. The van der Waals surface area contributed by atoms with Crippen LogP contribution in [-0.4, -0.2) is 27.4 Å². The van der Waals surface area contributed by atoms with Gasteiger partial charge in [0.05, 0.1) is 4.90 Å². The smallest absolute Gasteiger partial charge is 0.240 e. The Kier molecular flexibility index (Phi) is 7.40. The summed E-state index contributed by atoms with van der Waals surface area (Å²) in [4.78, 5) is 11.1. The van der Waals surface area contributed by atoms with Gasteiger partial charge in [0.15, 0.2) is 11.6 Å². The van der Waals surface area contributed by atoms with Crippen LogP contribution < -0.4 is 10.0 Å². The van der Waals surface area contributed by atoms with Crippen molar-refractivity contribution in [2.75, 3.05) is 13.1 Å². The number of hydrogen-bond donors (Lipinski definition) is 2. The van der Waals surface area contributed by atoms with Crippen molar-refractivity contribution in [1.29, 1.82) is 0 Å². The highest BCUT2D eigenvalue weighted by atomic mass is 32.2. The van der Waals surface area contributed by atoms with Crippen LogP contribution in [0.3, 0.4) is 0 Å². The Balaban J connectivity index is 2.42. The maximum atomic E-state index is 13.0. The van der Waals surface area contributed by atoms with Crippen LogP contribution in [-0.2, 0) is 14.8 Å². The molecule has 0 aromatic heterocycles. The summed E-state index contributed by atoms with van der Waals surface area (Å²) in [5.74, 6) is -2.62. The molecule has 0 atom stereocenters. The molecule has 1 aromatic rings. The summed E-state index contributed by atoms with van der Waals surface area (Å²) in [6, 6.07) is 2.30. The molecule has 0 fully saturated rings. The van der Waals surface area contributed by atoms with Gasteiger partial charge < -0.3 is 5.32 Å². The zero-order chi connectivity index (χ0) is 16.6. The van der Waals surface area contributed by atoms with Crippen molar-refractivity contribution in [3.63, 3.8) is 0 Å². The molecule has 0 aliphatic rings. The third-order valence-corrected chi connectivity index (χ3v) is 4.41. The first-order valence-electron chi connectivity index (χ1n) is 7.08. The fraction of sp³-hybridized carbons (Fsp3) is 0.500. The minimum absolute atomic E-state index is 0.0188. The lowest BCUT2D eigenvalue weighted by Crippen LogP contribution is -2.31. The Labute approximate surface area is 129 Å². The third kappa shape index (κ3) is 6.07. The first-order valence-corrected chi connectivity index (χ1v) is 8.56. The van der Waals surface area contributed by atoms with E-state index in [-0.39, 0.29) is 23.8 Å². The van der Waals surface area contributed by atoms with Crippen molar-refractivity contribution < 1.29 is 22.0 Å². The predicted octanol–water partition coefficient (Wildman–Crippen LogP) is 1.94. The molecule has 0 saturated carbocycles. The lowest BCUT2D eigenvalue weighted by molar-refractivity contribution is -0.120. The van der Waals surface area contributed by atoms with E-state index in [1.165, 1.54) is 0 Å². The second-order valence-electron chi connectivity index (χ2n) is 4.78. The number of carbonyl (C=O) groups excluding carboxylic acids is 1. The molecule has 0 spiro atoms. The quantitative estimate of drug-likeness (QED) is 0.678. The first-order chi connectivity index (χ1) is 10.4. The molecule has 0 aliphatic carbocycles. The maximum absolute atomic E-state index is 13.0. The Morgan fingerprint density at radius 1 is 1.14 bits per heavy atom. The molecule has 0 saturated heterocycles. The Hall–Kier alpha value is -1.54. The molecular weight excluding hydrogens is 314 g/mol. The lowest BCUT2D eigenvalue weighted by atomic mass is 10.2. The van der Waals surface area contributed by atoms with E-state index < -0.39 is 21.7 Å². The Morgan fingerprint density at radius 2 is 1.86 bits per heavy atom. The van der Waals surface area contributed by atoms with E-state index in [0.29, 0.717) is 12.6 Å². The number of sulfonamides is 1. The van der Waals surface area contributed by atoms with Gasteiger partial charge in [-0.25, -0.2) is 21.9 Å². The molecule has 8 heteroatoms. The predicted molar refractivity (Wildman–Crippen MR) is 78.7 cm³/mol. The van der Waals surface area contributed by atoms with Gasteiger partial charge >= 0.3 is 0 Å². The summed E-state index contributed by atoms with van der Waals surface area (Å²) in [7, 11) is -3.96. The number of amides is 1. The molecule has 124 valence electrons. The molecule has 1 aromatic carbocycles. The van der Waals surface area contributed by atoms with Gasteiger partial charge in [-0.1, -0.05) is 19.8 Å². The van der Waals surface area contributed by atoms with E-state index in [9.17, 15) is 22.0 Å². The molecule has 0 heterocycles. The SMILES string of the molecule is CCCCCNC(=O)CCNS(=O)(=O)c1ccc(F)c(F)c1. The Morgan fingerprint density at radius 3 is 2.50 bits per heavy atom. The average Bonchev–Trinajstić information content (AvgIpc) is 2.46. The van der Waals surface area contributed by atoms with E-state index in [1.54, 1.807) is 0 Å². The van der Waals surface area contributed by atoms with E-state index >= 15 is 0 Å². The van der Waals surface area contributed by atoms with Gasteiger partial charge in [-0.2, -0.15) is 0 Å². The van der Waals surface area contributed by atoms with Gasteiger partial charge in [-0.15, -0.1) is 0 Å². The number of halogens is 2. The van der Waals surface area contributed by atoms with Crippen LogP contribution in [0.4, 0.5) is 8.78 Å². The molecule has 0 aliphatic heterocycles. The van der Waals surface area contributed by atoms with Crippen molar-refractivity contribution in [3.05, 3.63) is 29.8 Å². The Bertz CT molecular complexity index is 606. The highest BCUT2D eigenvalue weighted by Gasteiger charge is 2.16. The van der Waals surface area contributed by atoms with E-state index in [2.05, 4.69) is 17.0 Å². The monoisotopic (exact) mass is 334 g/mol. The van der Waals surface area contributed by atoms with Crippen molar-refractivity contribution in [1.82, 2.24) is 10.0 Å². The molecule has 0 radical (unpaired) electrons. The molecule has 2 N–H and O–H groups in total. The summed E-state index contributed by atoms with van der Waals surface area (Å²) in [6.07, 6.45) is 2.92. The summed E-state index contributed by atoms with van der Waals surface area (Å²) >= 11 is 0. The van der Waals surface area contributed by atoms with Crippen LogP contribution in [0, 0.1) is 11.6 Å². The number of carbonyl (C=O) groups is 1. The molecule has 1 rings (SSSR count). The van der Waals surface area contributed by atoms with Gasteiger partial charge in [0.25, 0.3) is 0 Å². The van der Waals surface area contributed by atoms with Crippen LogP contribution in [0.2, 0.25) is 0 Å². The standard InChI is InChI=1S/C14H20F2N2O3S/c1-2-3-4-8-17-14(19)7-9-18-22(20,21)11-5-6-12(15)13(16)10-11/h5-6,10,18H,2-4,7-9H2,1H3,(H,17,19). The summed E-state index contributed by atoms with van der Waals surface area (Å²) in [5, 5.41) is 2.68. The minimum Gasteiger partial charge on any atom is -0.356 e. The first kappa shape index (κ1) is 18.5. The third-order valence-electron chi connectivity index (χ3n) is 2.95. The van der Waals surface area contributed by atoms with Gasteiger partial charge in [0.2, 0.25) is 15.9 Å². The molecule has 0 bridgehead atoms. The molecule has 0 unspecified atom stereocenters. The molecule has 5 nitrogen and oxygen atoms in total. The number of rotatable bonds is 9. The minimum atomic E-state index is -3.96. The lowest BCUT2D eigenvalue weighted by Gasteiger charge is -2.08. The number of unbranched alkanes of at least 4 members (excludes halogenated alkanes) is 2. The van der Waals surface area contributed by atoms with Crippen LogP contribution in [0.5, 0.6) is 0 Å². The van der Waals surface area contributed by atoms with Crippen LogP contribution in [0.25, 0.3) is 0 Å². The summed E-state index contributed by atoms with van der Waals surface area (Å²) in [6.45, 7) is 2.50. The van der Waals surface area contributed by atoms with Crippen LogP contribution in [0.1, 0.15) is 32.6 Å². The van der Waals surface area contributed by atoms with Crippen molar-refractivity contribution in [2.24, 2.45) is 0 Å². The van der Waals surface area contributed by atoms with E-state index in [4.69, 9.17) is 0 Å².